The van der Waals surface area contributed by atoms with Gasteiger partial charge >= 0.3 is 0 Å². The van der Waals surface area contributed by atoms with E-state index in [2.05, 4.69) is 6.92 Å². The Hall–Kier alpha value is -0.610. The predicted octanol–water partition coefficient (Wildman–Crippen LogP) is 2.22. The van der Waals surface area contributed by atoms with Crippen molar-refractivity contribution in [2.45, 2.75) is 52.6 Å². The number of aliphatic hydroxyl groups is 1. The van der Waals surface area contributed by atoms with Crippen LogP contribution < -0.4 is 0 Å². The van der Waals surface area contributed by atoms with Gasteiger partial charge < -0.3 is 5.11 Å². The minimum Gasteiger partial charge on any atom is -0.393 e. The van der Waals surface area contributed by atoms with Crippen molar-refractivity contribution in [1.29, 1.82) is 0 Å². The minimum absolute atomic E-state index is 0.00962. The molecule has 0 saturated carbocycles. The fraction of sp³-hybridized carbons (Fsp3) is 0.923. The molecule has 0 aliphatic rings. The maximum Gasteiger partial charge on any atom is 0.248 e. The Morgan fingerprint density at radius 2 is 1.94 bits per heavy atom. The smallest absolute Gasteiger partial charge is 0.248 e. The molecule has 0 aromatic rings. The van der Waals surface area contributed by atoms with Crippen molar-refractivity contribution in [2.75, 3.05) is 14.2 Å². The van der Waals surface area contributed by atoms with E-state index in [1.165, 1.54) is 12.2 Å². The molecule has 1 amide bonds. The molecule has 0 heterocycles. The standard InChI is InChI=1S/C13H27NO3/c1-6-12(15)8-7-10(2)9-11(3)13(16)14(4)17-5/h10-12,15H,6-9H2,1-5H3/t10-,11?,12?/m1/s1. The highest BCUT2D eigenvalue weighted by Gasteiger charge is 2.20. The van der Waals surface area contributed by atoms with Crippen molar-refractivity contribution in [3.8, 4) is 0 Å². The van der Waals surface area contributed by atoms with Crippen molar-refractivity contribution >= 4 is 5.91 Å². The molecule has 102 valence electrons. The van der Waals surface area contributed by atoms with Crippen LogP contribution in [-0.2, 0) is 9.63 Å². The predicted molar refractivity (Wildman–Crippen MR) is 68.3 cm³/mol. The topological polar surface area (TPSA) is 49.8 Å². The zero-order valence-electron chi connectivity index (χ0n) is 11.8. The Morgan fingerprint density at radius 3 is 2.41 bits per heavy atom. The molecule has 0 spiro atoms. The van der Waals surface area contributed by atoms with Crippen molar-refractivity contribution < 1.29 is 14.7 Å². The molecule has 0 aliphatic heterocycles. The lowest BCUT2D eigenvalue weighted by atomic mass is 9.91. The summed E-state index contributed by atoms with van der Waals surface area (Å²) in [5, 5.41) is 10.8. The van der Waals surface area contributed by atoms with Crippen LogP contribution in [0.5, 0.6) is 0 Å². The molecule has 0 aliphatic carbocycles. The van der Waals surface area contributed by atoms with E-state index in [4.69, 9.17) is 4.84 Å². The van der Waals surface area contributed by atoms with Gasteiger partial charge in [-0.05, 0) is 31.6 Å². The van der Waals surface area contributed by atoms with E-state index in [-0.39, 0.29) is 17.9 Å². The summed E-state index contributed by atoms with van der Waals surface area (Å²) < 4.78 is 0. The van der Waals surface area contributed by atoms with Crippen LogP contribution in [0.15, 0.2) is 0 Å². The Kier molecular flexibility index (Phi) is 8.17. The number of amides is 1. The van der Waals surface area contributed by atoms with Gasteiger partial charge in [0.2, 0.25) is 5.91 Å². The van der Waals surface area contributed by atoms with Crippen LogP contribution in [0.4, 0.5) is 0 Å². The zero-order chi connectivity index (χ0) is 13.4. The second-order valence-electron chi connectivity index (χ2n) is 4.90. The van der Waals surface area contributed by atoms with Gasteiger partial charge in [0.05, 0.1) is 13.2 Å². The number of carbonyl (C=O) groups excluding carboxylic acids is 1. The summed E-state index contributed by atoms with van der Waals surface area (Å²) in [5.74, 6) is 0.421. The number of aliphatic hydroxyl groups excluding tert-OH is 1. The third-order valence-corrected chi connectivity index (χ3v) is 3.23. The highest BCUT2D eigenvalue weighted by Crippen LogP contribution is 2.19. The SMILES string of the molecule is CCC(O)CC[C@@H](C)CC(C)C(=O)N(C)OC. The molecule has 0 radical (unpaired) electrons. The molecular formula is C13H27NO3. The molecule has 4 heteroatoms. The Balaban J connectivity index is 3.94. The molecule has 3 atom stereocenters. The molecule has 4 nitrogen and oxygen atoms in total. The third-order valence-electron chi connectivity index (χ3n) is 3.23. The van der Waals surface area contributed by atoms with E-state index in [0.717, 1.165) is 25.7 Å². The second kappa shape index (κ2) is 8.48. The van der Waals surface area contributed by atoms with E-state index in [0.29, 0.717) is 5.92 Å². The summed E-state index contributed by atoms with van der Waals surface area (Å²) in [7, 11) is 3.12. The molecule has 17 heavy (non-hydrogen) atoms. The van der Waals surface area contributed by atoms with Crippen LogP contribution >= 0.6 is 0 Å². The van der Waals surface area contributed by atoms with E-state index in [1.54, 1.807) is 7.05 Å². The van der Waals surface area contributed by atoms with Gasteiger partial charge in [-0.25, -0.2) is 5.06 Å². The van der Waals surface area contributed by atoms with Crippen LogP contribution in [0.3, 0.4) is 0 Å². The first kappa shape index (κ1) is 16.4. The molecule has 0 aromatic heterocycles. The number of hydrogen-bond acceptors (Lipinski definition) is 3. The van der Waals surface area contributed by atoms with Crippen molar-refractivity contribution in [3.63, 3.8) is 0 Å². The normalized spacial score (nSPS) is 16.4. The molecule has 1 N–H and O–H groups in total. The van der Waals surface area contributed by atoms with E-state index in [1.807, 2.05) is 13.8 Å². The van der Waals surface area contributed by atoms with Gasteiger partial charge in [0, 0.05) is 13.0 Å². The first-order valence-corrected chi connectivity index (χ1v) is 6.42. The number of hydrogen-bond donors (Lipinski definition) is 1. The van der Waals surface area contributed by atoms with Gasteiger partial charge in [0.15, 0.2) is 0 Å². The molecular weight excluding hydrogens is 218 g/mol. The monoisotopic (exact) mass is 245 g/mol. The Bertz CT molecular complexity index is 221. The highest BCUT2D eigenvalue weighted by molar-refractivity contribution is 5.77. The fourth-order valence-electron chi connectivity index (χ4n) is 1.90. The summed E-state index contributed by atoms with van der Waals surface area (Å²) in [6, 6.07) is 0. The highest BCUT2D eigenvalue weighted by atomic mass is 16.7. The number of rotatable bonds is 8. The van der Waals surface area contributed by atoms with Crippen molar-refractivity contribution in [3.05, 3.63) is 0 Å². The molecule has 2 unspecified atom stereocenters. The van der Waals surface area contributed by atoms with Crippen molar-refractivity contribution in [1.82, 2.24) is 5.06 Å². The van der Waals surface area contributed by atoms with E-state index in [9.17, 15) is 9.90 Å². The number of hydroxylamine groups is 2. The van der Waals surface area contributed by atoms with Crippen LogP contribution in [0, 0.1) is 11.8 Å². The molecule has 0 bridgehead atoms. The Labute approximate surface area is 105 Å². The van der Waals surface area contributed by atoms with Gasteiger partial charge in [0.25, 0.3) is 0 Å². The second-order valence-corrected chi connectivity index (χ2v) is 4.90. The van der Waals surface area contributed by atoms with Crippen LogP contribution in [-0.4, -0.2) is 36.3 Å². The lowest BCUT2D eigenvalue weighted by Gasteiger charge is -2.21. The fourth-order valence-corrected chi connectivity index (χ4v) is 1.90. The summed E-state index contributed by atoms with van der Waals surface area (Å²) in [5.41, 5.74) is 0. The van der Waals surface area contributed by atoms with Crippen LogP contribution in [0.1, 0.15) is 46.5 Å². The lowest BCUT2D eigenvalue weighted by molar-refractivity contribution is -0.173. The summed E-state index contributed by atoms with van der Waals surface area (Å²) in [4.78, 5) is 16.6. The summed E-state index contributed by atoms with van der Waals surface area (Å²) in [6.45, 7) is 6.03. The van der Waals surface area contributed by atoms with Gasteiger partial charge in [-0.15, -0.1) is 0 Å². The van der Waals surface area contributed by atoms with Gasteiger partial charge in [-0.1, -0.05) is 20.8 Å². The third kappa shape index (κ3) is 6.64. The molecule has 0 aromatic carbocycles. The first-order valence-electron chi connectivity index (χ1n) is 6.42. The average Bonchev–Trinajstić information content (AvgIpc) is 2.33. The molecule has 0 saturated heterocycles. The molecule has 0 fully saturated rings. The van der Waals surface area contributed by atoms with Crippen LogP contribution in [0.2, 0.25) is 0 Å². The maximum absolute atomic E-state index is 11.8. The van der Waals surface area contributed by atoms with E-state index < -0.39 is 0 Å². The van der Waals surface area contributed by atoms with Gasteiger partial charge in [0.1, 0.15) is 0 Å². The maximum atomic E-state index is 11.8. The molecule has 0 rings (SSSR count). The van der Waals surface area contributed by atoms with Crippen LogP contribution in [0.25, 0.3) is 0 Å². The number of carbonyl (C=O) groups is 1. The van der Waals surface area contributed by atoms with E-state index >= 15 is 0 Å². The number of nitrogens with zero attached hydrogens (tertiary/aromatic N) is 1. The lowest BCUT2D eigenvalue weighted by Crippen LogP contribution is -2.31. The summed E-state index contributed by atoms with van der Waals surface area (Å²) >= 11 is 0. The van der Waals surface area contributed by atoms with Crippen molar-refractivity contribution in [2.24, 2.45) is 11.8 Å². The first-order chi connectivity index (χ1) is 7.92. The average molecular weight is 245 g/mol. The largest absolute Gasteiger partial charge is 0.393 e. The summed E-state index contributed by atoms with van der Waals surface area (Å²) in [6.07, 6.45) is 3.21. The van der Waals surface area contributed by atoms with Gasteiger partial charge in [-0.2, -0.15) is 0 Å². The van der Waals surface area contributed by atoms with Gasteiger partial charge in [-0.3, -0.25) is 9.63 Å². The Morgan fingerprint density at radius 1 is 1.35 bits per heavy atom. The minimum atomic E-state index is -0.204. The zero-order valence-corrected chi connectivity index (χ0v) is 11.8. The quantitative estimate of drug-likeness (QED) is 0.667.